The van der Waals surface area contributed by atoms with Crippen molar-refractivity contribution in [3.63, 3.8) is 0 Å². The van der Waals surface area contributed by atoms with E-state index in [4.69, 9.17) is 4.42 Å². The number of carbonyl (C=O) groups excluding carboxylic acids is 1. The van der Waals surface area contributed by atoms with Crippen LogP contribution >= 0.6 is 0 Å². The maximum Gasteiger partial charge on any atom is 0.223 e. The standard InChI is InChI=1S/C15H24N2O2/c1-11(3-5-14-6-4-12(2)19-14)17-15(18)13-7-9-16-10-8-13/h4,6,11,13,16H,3,5,7-10H2,1-2H3,(H,17,18). The van der Waals surface area contributed by atoms with E-state index in [1.165, 1.54) is 0 Å². The van der Waals surface area contributed by atoms with Crippen LogP contribution in [0.1, 0.15) is 37.7 Å². The van der Waals surface area contributed by atoms with Gasteiger partial charge in [-0.1, -0.05) is 0 Å². The number of hydrogen-bond acceptors (Lipinski definition) is 3. The van der Waals surface area contributed by atoms with Gasteiger partial charge in [0, 0.05) is 18.4 Å². The second-order valence-electron chi connectivity index (χ2n) is 5.48. The zero-order valence-electron chi connectivity index (χ0n) is 11.9. The minimum absolute atomic E-state index is 0.189. The molecule has 0 saturated carbocycles. The Morgan fingerprint density at radius 3 is 2.84 bits per heavy atom. The van der Waals surface area contributed by atoms with Gasteiger partial charge in [0.15, 0.2) is 0 Å². The molecule has 1 aromatic heterocycles. The molecule has 1 aliphatic rings. The molecule has 4 heteroatoms. The molecule has 0 aliphatic carbocycles. The maximum atomic E-state index is 12.1. The lowest BCUT2D eigenvalue weighted by molar-refractivity contribution is -0.126. The van der Waals surface area contributed by atoms with Gasteiger partial charge in [-0.25, -0.2) is 0 Å². The third-order valence-electron chi connectivity index (χ3n) is 3.72. The maximum absolute atomic E-state index is 12.1. The van der Waals surface area contributed by atoms with Gasteiger partial charge in [0.2, 0.25) is 5.91 Å². The van der Waals surface area contributed by atoms with Gasteiger partial charge < -0.3 is 15.1 Å². The molecule has 19 heavy (non-hydrogen) atoms. The van der Waals surface area contributed by atoms with E-state index in [0.717, 1.165) is 50.3 Å². The van der Waals surface area contributed by atoms with E-state index in [-0.39, 0.29) is 17.9 Å². The van der Waals surface area contributed by atoms with Crippen LogP contribution in [0.4, 0.5) is 0 Å². The molecular weight excluding hydrogens is 240 g/mol. The number of carbonyl (C=O) groups is 1. The third kappa shape index (κ3) is 4.39. The fraction of sp³-hybridized carbons (Fsp3) is 0.667. The van der Waals surface area contributed by atoms with Crippen molar-refractivity contribution in [1.82, 2.24) is 10.6 Å². The Hall–Kier alpha value is -1.29. The lowest BCUT2D eigenvalue weighted by Gasteiger charge is -2.23. The summed E-state index contributed by atoms with van der Waals surface area (Å²) in [6.45, 7) is 5.93. The first-order valence-corrected chi connectivity index (χ1v) is 7.21. The van der Waals surface area contributed by atoms with Crippen LogP contribution in [0.2, 0.25) is 0 Å². The Morgan fingerprint density at radius 1 is 1.47 bits per heavy atom. The smallest absolute Gasteiger partial charge is 0.223 e. The average Bonchev–Trinajstić information content (AvgIpc) is 2.83. The largest absolute Gasteiger partial charge is 0.466 e. The minimum atomic E-state index is 0.189. The van der Waals surface area contributed by atoms with Crippen LogP contribution in [-0.2, 0) is 11.2 Å². The molecule has 0 bridgehead atoms. The van der Waals surface area contributed by atoms with Gasteiger partial charge in [-0.05, 0) is 58.3 Å². The van der Waals surface area contributed by atoms with Crippen LogP contribution in [0, 0.1) is 12.8 Å². The van der Waals surface area contributed by atoms with Gasteiger partial charge in [0.05, 0.1) is 0 Å². The highest BCUT2D eigenvalue weighted by Crippen LogP contribution is 2.13. The Bertz CT molecular complexity index is 408. The van der Waals surface area contributed by atoms with Crippen molar-refractivity contribution in [3.8, 4) is 0 Å². The van der Waals surface area contributed by atoms with Gasteiger partial charge in [-0.2, -0.15) is 0 Å². The molecule has 0 aromatic carbocycles. The van der Waals surface area contributed by atoms with Crippen molar-refractivity contribution in [1.29, 1.82) is 0 Å². The highest BCUT2D eigenvalue weighted by atomic mass is 16.3. The SMILES string of the molecule is Cc1ccc(CCC(C)NC(=O)C2CCNCC2)o1. The zero-order chi connectivity index (χ0) is 13.7. The molecule has 2 heterocycles. The molecule has 1 aliphatic heterocycles. The summed E-state index contributed by atoms with van der Waals surface area (Å²) in [4.78, 5) is 12.1. The highest BCUT2D eigenvalue weighted by molar-refractivity contribution is 5.79. The Labute approximate surface area is 114 Å². The summed E-state index contributed by atoms with van der Waals surface area (Å²) in [7, 11) is 0. The molecule has 1 fully saturated rings. The van der Waals surface area contributed by atoms with Crippen LogP contribution < -0.4 is 10.6 Å². The molecule has 1 saturated heterocycles. The van der Waals surface area contributed by atoms with E-state index in [2.05, 4.69) is 17.6 Å². The first-order valence-electron chi connectivity index (χ1n) is 7.21. The van der Waals surface area contributed by atoms with Crippen LogP contribution in [0.5, 0.6) is 0 Å². The average molecular weight is 264 g/mol. The number of piperidine rings is 1. The minimum Gasteiger partial charge on any atom is -0.466 e. The summed E-state index contributed by atoms with van der Waals surface area (Å²) in [6.07, 6.45) is 3.71. The summed E-state index contributed by atoms with van der Waals surface area (Å²) >= 11 is 0. The number of furan rings is 1. The summed E-state index contributed by atoms with van der Waals surface area (Å²) in [6, 6.07) is 4.19. The Balaban J connectivity index is 1.71. The normalized spacial score (nSPS) is 18.2. The predicted octanol–water partition coefficient (Wildman–Crippen LogP) is 2.02. The van der Waals surface area contributed by atoms with Gasteiger partial charge in [0.1, 0.15) is 11.5 Å². The van der Waals surface area contributed by atoms with Crippen LogP contribution in [0.3, 0.4) is 0 Å². The van der Waals surface area contributed by atoms with Crippen molar-refractivity contribution < 1.29 is 9.21 Å². The van der Waals surface area contributed by atoms with E-state index < -0.39 is 0 Å². The zero-order valence-corrected chi connectivity index (χ0v) is 11.9. The van der Waals surface area contributed by atoms with Gasteiger partial charge >= 0.3 is 0 Å². The van der Waals surface area contributed by atoms with Crippen molar-refractivity contribution in [3.05, 3.63) is 23.7 Å². The van der Waals surface area contributed by atoms with Crippen LogP contribution in [0.15, 0.2) is 16.5 Å². The molecule has 1 amide bonds. The summed E-state index contributed by atoms with van der Waals surface area (Å²) < 4.78 is 5.53. The Morgan fingerprint density at radius 2 is 2.21 bits per heavy atom. The molecule has 1 atom stereocenters. The van der Waals surface area contributed by atoms with E-state index in [1.54, 1.807) is 0 Å². The summed E-state index contributed by atoms with van der Waals surface area (Å²) in [5, 5.41) is 6.40. The van der Waals surface area contributed by atoms with E-state index in [0.29, 0.717) is 0 Å². The van der Waals surface area contributed by atoms with E-state index in [1.807, 2.05) is 19.1 Å². The number of hydrogen-bond donors (Lipinski definition) is 2. The van der Waals surface area contributed by atoms with Crippen LogP contribution in [-0.4, -0.2) is 25.0 Å². The number of aryl methyl sites for hydroxylation is 2. The molecule has 0 spiro atoms. The fourth-order valence-electron chi connectivity index (χ4n) is 2.50. The summed E-state index contributed by atoms with van der Waals surface area (Å²) in [5.41, 5.74) is 0. The fourth-order valence-corrected chi connectivity index (χ4v) is 2.50. The lowest BCUT2D eigenvalue weighted by atomic mass is 9.96. The Kier molecular flexibility index (Phi) is 5.02. The van der Waals surface area contributed by atoms with Gasteiger partial charge in [-0.3, -0.25) is 4.79 Å². The van der Waals surface area contributed by atoms with Crippen molar-refractivity contribution in [2.75, 3.05) is 13.1 Å². The molecule has 0 radical (unpaired) electrons. The van der Waals surface area contributed by atoms with E-state index in [9.17, 15) is 4.79 Å². The first-order chi connectivity index (χ1) is 9.15. The van der Waals surface area contributed by atoms with Gasteiger partial charge in [-0.15, -0.1) is 0 Å². The van der Waals surface area contributed by atoms with Crippen molar-refractivity contribution in [2.45, 2.75) is 45.6 Å². The molecule has 106 valence electrons. The molecular formula is C15H24N2O2. The van der Waals surface area contributed by atoms with Crippen LogP contribution in [0.25, 0.3) is 0 Å². The quantitative estimate of drug-likeness (QED) is 0.855. The topological polar surface area (TPSA) is 54.3 Å². The molecule has 4 nitrogen and oxygen atoms in total. The molecule has 2 N–H and O–H groups in total. The highest BCUT2D eigenvalue weighted by Gasteiger charge is 2.21. The molecule has 2 rings (SSSR count). The van der Waals surface area contributed by atoms with Crippen molar-refractivity contribution >= 4 is 5.91 Å². The van der Waals surface area contributed by atoms with E-state index >= 15 is 0 Å². The third-order valence-corrected chi connectivity index (χ3v) is 3.72. The number of rotatable bonds is 5. The summed E-state index contributed by atoms with van der Waals surface area (Å²) in [5.74, 6) is 2.35. The first kappa shape index (κ1) is 14.1. The second kappa shape index (κ2) is 6.75. The van der Waals surface area contributed by atoms with Gasteiger partial charge in [0.25, 0.3) is 0 Å². The molecule has 1 aromatic rings. The monoisotopic (exact) mass is 264 g/mol. The van der Waals surface area contributed by atoms with Crippen molar-refractivity contribution in [2.24, 2.45) is 5.92 Å². The molecule has 1 unspecified atom stereocenters. The lowest BCUT2D eigenvalue weighted by Crippen LogP contribution is -2.41. The predicted molar refractivity (Wildman–Crippen MR) is 75.0 cm³/mol. The number of amides is 1. The second-order valence-corrected chi connectivity index (χ2v) is 5.48. The number of nitrogens with one attached hydrogen (secondary N) is 2.